The Balaban J connectivity index is 1.53. The number of ether oxygens (including phenoxy) is 1. The fourth-order valence-corrected chi connectivity index (χ4v) is 3.10. The number of morpholine rings is 1. The van der Waals surface area contributed by atoms with Gasteiger partial charge in [-0.1, -0.05) is 0 Å². The fraction of sp³-hybridized carbons (Fsp3) is 0.211. The van der Waals surface area contributed by atoms with Crippen LogP contribution >= 0.6 is 0 Å². The fourth-order valence-electron chi connectivity index (χ4n) is 3.10. The molecular formula is C19H18N4O4. The van der Waals surface area contributed by atoms with Gasteiger partial charge >= 0.3 is 0 Å². The van der Waals surface area contributed by atoms with Crippen LogP contribution in [-0.4, -0.2) is 42.4 Å². The van der Waals surface area contributed by atoms with E-state index >= 15 is 0 Å². The normalized spacial score (nSPS) is 14.3. The molecule has 0 bridgehead atoms. The van der Waals surface area contributed by atoms with Gasteiger partial charge in [0.2, 0.25) is 0 Å². The smallest absolute Gasteiger partial charge is 0.270 e. The first-order chi connectivity index (χ1) is 13.1. The van der Waals surface area contributed by atoms with Crippen molar-refractivity contribution in [2.75, 3.05) is 36.5 Å². The lowest BCUT2D eigenvalue weighted by atomic mass is 10.1. The van der Waals surface area contributed by atoms with Crippen LogP contribution in [0.2, 0.25) is 0 Å². The van der Waals surface area contributed by atoms with Crippen molar-refractivity contribution in [3.63, 3.8) is 0 Å². The molecule has 1 saturated heterocycles. The molecule has 1 amide bonds. The zero-order chi connectivity index (χ0) is 18.8. The van der Waals surface area contributed by atoms with Gasteiger partial charge in [0, 0.05) is 30.0 Å². The molecule has 2 aromatic carbocycles. The third kappa shape index (κ3) is 3.47. The number of hydrogen-bond acceptors (Lipinski definition) is 5. The number of amides is 1. The van der Waals surface area contributed by atoms with Crippen LogP contribution in [-0.2, 0) is 4.74 Å². The maximum Gasteiger partial charge on any atom is 0.270 e. The van der Waals surface area contributed by atoms with E-state index in [1.54, 1.807) is 0 Å². The molecule has 0 saturated carbocycles. The van der Waals surface area contributed by atoms with Gasteiger partial charge in [-0.2, -0.15) is 0 Å². The maximum atomic E-state index is 12.5. The Bertz CT molecular complexity index is 1100. The molecule has 0 aliphatic carbocycles. The van der Waals surface area contributed by atoms with E-state index in [0.717, 1.165) is 18.8 Å². The van der Waals surface area contributed by atoms with Crippen molar-refractivity contribution in [1.82, 2.24) is 10.2 Å². The summed E-state index contributed by atoms with van der Waals surface area (Å²) in [5.41, 5.74) is 1.17. The Morgan fingerprint density at radius 3 is 2.30 bits per heavy atom. The Labute approximate surface area is 153 Å². The Kier molecular flexibility index (Phi) is 4.47. The van der Waals surface area contributed by atoms with Crippen LogP contribution in [0.25, 0.3) is 10.8 Å². The van der Waals surface area contributed by atoms with Crippen molar-refractivity contribution in [3.8, 4) is 0 Å². The van der Waals surface area contributed by atoms with Gasteiger partial charge in [-0.3, -0.25) is 24.6 Å². The molecule has 1 fully saturated rings. The van der Waals surface area contributed by atoms with Crippen molar-refractivity contribution < 1.29 is 9.53 Å². The van der Waals surface area contributed by atoms with Crippen molar-refractivity contribution >= 4 is 28.1 Å². The van der Waals surface area contributed by atoms with Gasteiger partial charge in [0.15, 0.2) is 0 Å². The summed E-state index contributed by atoms with van der Waals surface area (Å²) in [6, 6.07) is 12.0. The lowest BCUT2D eigenvalue weighted by molar-refractivity contribution is 0.102. The van der Waals surface area contributed by atoms with Gasteiger partial charge in [-0.05, 0) is 42.5 Å². The van der Waals surface area contributed by atoms with Crippen molar-refractivity contribution in [3.05, 3.63) is 68.7 Å². The van der Waals surface area contributed by atoms with E-state index in [1.165, 1.54) is 18.2 Å². The second-order valence-electron chi connectivity index (χ2n) is 6.27. The minimum absolute atomic E-state index is 0.175. The highest BCUT2D eigenvalue weighted by Crippen LogP contribution is 2.20. The number of rotatable bonds is 3. The minimum atomic E-state index is -0.450. The third-order valence-electron chi connectivity index (χ3n) is 4.56. The first-order valence-electron chi connectivity index (χ1n) is 8.61. The quantitative estimate of drug-likeness (QED) is 0.648. The molecule has 1 aliphatic rings. The second kappa shape index (κ2) is 7.08. The van der Waals surface area contributed by atoms with E-state index in [2.05, 4.69) is 20.4 Å². The molecule has 0 unspecified atom stereocenters. The maximum absolute atomic E-state index is 12.5. The molecule has 0 radical (unpaired) electrons. The monoisotopic (exact) mass is 366 g/mol. The van der Waals surface area contributed by atoms with E-state index < -0.39 is 11.1 Å². The summed E-state index contributed by atoms with van der Waals surface area (Å²) in [6.07, 6.45) is 0. The standard InChI is InChI=1S/C19H18N4O4/c24-17(12-1-6-15-16(11-12)19(26)22-21-18(15)25)20-13-2-4-14(5-3-13)23-7-9-27-10-8-23/h1-6,11H,7-10H2,(H,20,24)(H,21,25)(H,22,26). The van der Waals surface area contributed by atoms with E-state index in [-0.39, 0.29) is 16.7 Å². The first-order valence-corrected chi connectivity index (χ1v) is 8.61. The minimum Gasteiger partial charge on any atom is -0.378 e. The van der Waals surface area contributed by atoms with E-state index in [9.17, 15) is 14.4 Å². The van der Waals surface area contributed by atoms with E-state index in [0.29, 0.717) is 24.5 Å². The molecule has 1 aliphatic heterocycles. The highest BCUT2D eigenvalue weighted by molar-refractivity contribution is 6.06. The predicted octanol–water partition coefficient (Wildman–Crippen LogP) is 1.31. The zero-order valence-electron chi connectivity index (χ0n) is 14.5. The number of carbonyl (C=O) groups excluding carboxylic acids is 1. The van der Waals surface area contributed by atoms with Gasteiger partial charge in [-0.15, -0.1) is 0 Å². The number of H-pyrrole nitrogens is 2. The second-order valence-corrected chi connectivity index (χ2v) is 6.27. The van der Waals surface area contributed by atoms with Crippen molar-refractivity contribution in [1.29, 1.82) is 0 Å². The third-order valence-corrected chi connectivity index (χ3v) is 4.56. The van der Waals surface area contributed by atoms with Crippen molar-refractivity contribution in [2.24, 2.45) is 0 Å². The van der Waals surface area contributed by atoms with Crippen molar-refractivity contribution in [2.45, 2.75) is 0 Å². The van der Waals surface area contributed by atoms with Crippen LogP contribution in [0.15, 0.2) is 52.1 Å². The van der Waals surface area contributed by atoms with E-state index in [1.807, 2.05) is 24.3 Å². The molecule has 4 rings (SSSR count). The SMILES string of the molecule is O=C(Nc1ccc(N2CCOCC2)cc1)c1ccc2c(=O)[nH][nH]c(=O)c2c1. The van der Waals surface area contributed by atoms with Gasteiger partial charge in [0.05, 0.1) is 24.0 Å². The summed E-state index contributed by atoms with van der Waals surface area (Å²) in [5.74, 6) is -0.351. The zero-order valence-corrected chi connectivity index (χ0v) is 14.5. The molecule has 8 heteroatoms. The molecule has 3 N–H and O–H groups in total. The Morgan fingerprint density at radius 2 is 1.59 bits per heavy atom. The van der Waals surface area contributed by atoms with E-state index in [4.69, 9.17) is 4.74 Å². The molecular weight excluding hydrogens is 348 g/mol. The molecule has 0 spiro atoms. The number of anilines is 2. The topological polar surface area (TPSA) is 107 Å². The predicted molar refractivity (Wildman–Crippen MR) is 103 cm³/mol. The summed E-state index contributed by atoms with van der Waals surface area (Å²) in [4.78, 5) is 38.3. The number of hydrogen-bond donors (Lipinski definition) is 3. The van der Waals surface area contributed by atoms with Gasteiger partial charge in [0.25, 0.3) is 17.0 Å². The van der Waals surface area contributed by atoms with Crippen LogP contribution < -0.4 is 21.3 Å². The Hall–Kier alpha value is -3.39. The van der Waals surface area contributed by atoms with Crippen LogP contribution in [0.3, 0.4) is 0 Å². The summed E-state index contributed by atoms with van der Waals surface area (Å²) in [7, 11) is 0. The summed E-state index contributed by atoms with van der Waals surface area (Å²) < 4.78 is 5.35. The number of nitrogens with zero attached hydrogens (tertiary/aromatic N) is 1. The molecule has 1 aromatic heterocycles. The molecule has 3 aromatic rings. The van der Waals surface area contributed by atoms with Crippen LogP contribution in [0.4, 0.5) is 11.4 Å². The average Bonchev–Trinajstić information content (AvgIpc) is 2.72. The summed E-state index contributed by atoms with van der Waals surface area (Å²) in [6.45, 7) is 3.11. The molecule has 0 atom stereocenters. The van der Waals surface area contributed by atoms with Gasteiger partial charge < -0.3 is 15.0 Å². The van der Waals surface area contributed by atoms with Crippen LogP contribution in [0.1, 0.15) is 10.4 Å². The molecule has 2 heterocycles. The number of carbonyl (C=O) groups is 1. The van der Waals surface area contributed by atoms with Gasteiger partial charge in [-0.25, -0.2) is 0 Å². The molecule has 27 heavy (non-hydrogen) atoms. The number of nitrogens with one attached hydrogen (secondary N) is 3. The lowest BCUT2D eigenvalue weighted by Crippen LogP contribution is -2.36. The summed E-state index contributed by atoms with van der Waals surface area (Å²) >= 11 is 0. The lowest BCUT2D eigenvalue weighted by Gasteiger charge is -2.28. The van der Waals surface area contributed by atoms with Gasteiger partial charge in [0.1, 0.15) is 0 Å². The first kappa shape index (κ1) is 17.0. The number of fused-ring (bicyclic) bond motifs is 1. The van der Waals surface area contributed by atoms with Crippen LogP contribution in [0, 0.1) is 0 Å². The largest absolute Gasteiger partial charge is 0.378 e. The average molecular weight is 366 g/mol. The molecule has 138 valence electrons. The number of aromatic nitrogens is 2. The number of benzene rings is 2. The Morgan fingerprint density at radius 1 is 0.926 bits per heavy atom. The highest BCUT2D eigenvalue weighted by Gasteiger charge is 2.12. The number of aromatic amines is 2. The highest BCUT2D eigenvalue weighted by atomic mass is 16.5. The van der Waals surface area contributed by atoms with Crippen LogP contribution in [0.5, 0.6) is 0 Å². The summed E-state index contributed by atoms with van der Waals surface area (Å²) in [5, 5.41) is 7.74. The molecule has 8 nitrogen and oxygen atoms in total.